The standard InChI is InChI=1S/C13H25F3N2O/c1-10(6-17-7-13(14,15)16)18-8-11(2,3)19-12(4,5)9-18/h10,17H,6-9H2,1-5H3. The van der Waals surface area contributed by atoms with Gasteiger partial charge in [-0.3, -0.25) is 4.90 Å². The SMILES string of the molecule is CC(CNCC(F)(F)F)N1CC(C)(C)OC(C)(C)C1. The number of rotatable bonds is 4. The molecule has 1 aliphatic rings. The third-order valence-corrected chi connectivity index (χ3v) is 3.11. The van der Waals surface area contributed by atoms with Crippen molar-refractivity contribution >= 4 is 0 Å². The highest BCUT2D eigenvalue weighted by atomic mass is 19.4. The molecule has 1 rings (SSSR count). The molecular formula is C13H25F3N2O. The second-order valence-electron chi connectivity index (χ2n) is 6.62. The molecule has 0 saturated carbocycles. The summed E-state index contributed by atoms with van der Waals surface area (Å²) >= 11 is 0. The maximum Gasteiger partial charge on any atom is 0.401 e. The third-order valence-electron chi connectivity index (χ3n) is 3.11. The van der Waals surface area contributed by atoms with Gasteiger partial charge in [0.15, 0.2) is 0 Å². The van der Waals surface area contributed by atoms with Crippen LogP contribution in [0.5, 0.6) is 0 Å². The Morgan fingerprint density at radius 3 is 2.05 bits per heavy atom. The van der Waals surface area contributed by atoms with Crippen molar-refractivity contribution in [2.45, 2.75) is 58.0 Å². The van der Waals surface area contributed by atoms with E-state index < -0.39 is 12.7 Å². The normalized spacial score (nSPS) is 25.3. The van der Waals surface area contributed by atoms with Crippen LogP contribution < -0.4 is 5.32 Å². The Kier molecular flexibility index (Phi) is 4.91. The minimum Gasteiger partial charge on any atom is -0.367 e. The van der Waals surface area contributed by atoms with Gasteiger partial charge in [-0.05, 0) is 34.6 Å². The Morgan fingerprint density at radius 2 is 1.63 bits per heavy atom. The van der Waals surface area contributed by atoms with Crippen LogP contribution in [0.25, 0.3) is 0 Å². The first-order valence-electron chi connectivity index (χ1n) is 6.62. The molecule has 6 heteroatoms. The summed E-state index contributed by atoms with van der Waals surface area (Å²) in [5, 5.41) is 2.47. The van der Waals surface area contributed by atoms with E-state index in [-0.39, 0.29) is 17.2 Å². The van der Waals surface area contributed by atoms with E-state index >= 15 is 0 Å². The first kappa shape index (κ1) is 16.7. The van der Waals surface area contributed by atoms with Crippen LogP contribution >= 0.6 is 0 Å². The molecule has 19 heavy (non-hydrogen) atoms. The summed E-state index contributed by atoms with van der Waals surface area (Å²) in [4.78, 5) is 2.19. The second kappa shape index (κ2) is 5.58. The molecule has 3 nitrogen and oxygen atoms in total. The molecule has 1 saturated heterocycles. The minimum atomic E-state index is -4.15. The van der Waals surface area contributed by atoms with Gasteiger partial charge < -0.3 is 10.1 Å². The maximum atomic E-state index is 12.1. The van der Waals surface area contributed by atoms with Crippen molar-refractivity contribution in [2.24, 2.45) is 0 Å². The second-order valence-corrected chi connectivity index (χ2v) is 6.62. The molecular weight excluding hydrogens is 257 g/mol. The summed E-state index contributed by atoms with van der Waals surface area (Å²) < 4.78 is 42.3. The first-order valence-corrected chi connectivity index (χ1v) is 6.62. The van der Waals surface area contributed by atoms with Gasteiger partial charge >= 0.3 is 6.18 Å². The Balaban J connectivity index is 2.50. The molecule has 1 unspecified atom stereocenters. The van der Waals surface area contributed by atoms with Gasteiger partial charge in [0.05, 0.1) is 17.7 Å². The van der Waals surface area contributed by atoms with Crippen molar-refractivity contribution in [3.63, 3.8) is 0 Å². The molecule has 1 fully saturated rings. The van der Waals surface area contributed by atoms with Crippen LogP contribution in [0, 0.1) is 0 Å². The Morgan fingerprint density at radius 1 is 1.16 bits per heavy atom. The van der Waals surface area contributed by atoms with Crippen LogP contribution in [-0.2, 0) is 4.74 Å². The molecule has 0 aromatic carbocycles. The van der Waals surface area contributed by atoms with E-state index in [0.29, 0.717) is 6.54 Å². The summed E-state index contributed by atoms with van der Waals surface area (Å²) in [6.07, 6.45) is -4.15. The number of ether oxygens (including phenoxy) is 1. The smallest absolute Gasteiger partial charge is 0.367 e. The number of alkyl halides is 3. The van der Waals surface area contributed by atoms with Crippen molar-refractivity contribution in [3.05, 3.63) is 0 Å². The lowest BCUT2D eigenvalue weighted by molar-refractivity contribution is -0.186. The first-order chi connectivity index (χ1) is 8.40. The van der Waals surface area contributed by atoms with Crippen LogP contribution in [0.3, 0.4) is 0 Å². The predicted octanol–water partition coefficient (Wildman–Crippen LogP) is 2.42. The number of hydrogen-bond donors (Lipinski definition) is 1. The van der Waals surface area contributed by atoms with Gasteiger partial charge in [-0.15, -0.1) is 0 Å². The monoisotopic (exact) mass is 282 g/mol. The molecule has 0 aliphatic carbocycles. The summed E-state index contributed by atoms with van der Waals surface area (Å²) in [7, 11) is 0. The lowest BCUT2D eigenvalue weighted by Crippen LogP contribution is -2.60. The van der Waals surface area contributed by atoms with Gasteiger partial charge in [-0.1, -0.05) is 0 Å². The molecule has 0 aromatic rings. The van der Waals surface area contributed by atoms with E-state index in [0.717, 1.165) is 13.1 Å². The number of nitrogens with zero attached hydrogens (tertiary/aromatic N) is 1. The van der Waals surface area contributed by atoms with Gasteiger partial charge in [0.1, 0.15) is 0 Å². The van der Waals surface area contributed by atoms with Crippen molar-refractivity contribution in [1.82, 2.24) is 10.2 Å². The highest BCUT2D eigenvalue weighted by molar-refractivity contribution is 4.91. The zero-order chi connectivity index (χ0) is 14.9. The van der Waals surface area contributed by atoms with E-state index in [1.165, 1.54) is 0 Å². The number of morpholine rings is 1. The fraction of sp³-hybridized carbons (Fsp3) is 1.00. The summed E-state index contributed by atoms with van der Waals surface area (Å²) in [6, 6.07) is 0.0461. The number of nitrogens with one attached hydrogen (secondary N) is 1. The Hall–Kier alpha value is -0.330. The minimum absolute atomic E-state index is 0.0461. The molecule has 0 radical (unpaired) electrons. The van der Waals surface area contributed by atoms with Crippen LogP contribution in [0.15, 0.2) is 0 Å². The molecule has 114 valence electrons. The maximum absolute atomic E-state index is 12.1. The molecule has 1 atom stereocenters. The van der Waals surface area contributed by atoms with Crippen LogP contribution in [0.1, 0.15) is 34.6 Å². The van der Waals surface area contributed by atoms with E-state index in [1.54, 1.807) is 0 Å². The average molecular weight is 282 g/mol. The van der Waals surface area contributed by atoms with Gasteiger partial charge in [-0.25, -0.2) is 0 Å². The van der Waals surface area contributed by atoms with Crippen LogP contribution in [0.2, 0.25) is 0 Å². The fourth-order valence-corrected chi connectivity index (χ4v) is 2.71. The lowest BCUT2D eigenvalue weighted by Gasteiger charge is -2.49. The Bertz CT molecular complexity index is 287. The van der Waals surface area contributed by atoms with Crippen molar-refractivity contribution in [1.29, 1.82) is 0 Å². The zero-order valence-corrected chi connectivity index (χ0v) is 12.4. The van der Waals surface area contributed by atoms with Crippen LogP contribution in [-0.4, -0.2) is 54.5 Å². The number of halogens is 3. The fourth-order valence-electron chi connectivity index (χ4n) is 2.71. The average Bonchev–Trinajstić information content (AvgIpc) is 2.10. The summed E-state index contributed by atoms with van der Waals surface area (Å²) in [6.45, 7) is 10.8. The lowest BCUT2D eigenvalue weighted by atomic mass is 9.97. The topological polar surface area (TPSA) is 24.5 Å². The molecule has 1 heterocycles. The quantitative estimate of drug-likeness (QED) is 0.857. The molecule has 1 aliphatic heterocycles. The summed E-state index contributed by atoms with van der Waals surface area (Å²) in [5.74, 6) is 0. The highest BCUT2D eigenvalue weighted by Gasteiger charge is 2.39. The number of hydrogen-bond acceptors (Lipinski definition) is 3. The van der Waals surface area contributed by atoms with Gasteiger partial charge in [0.25, 0.3) is 0 Å². The van der Waals surface area contributed by atoms with Gasteiger partial charge in [0.2, 0.25) is 0 Å². The molecule has 0 aromatic heterocycles. The largest absolute Gasteiger partial charge is 0.401 e. The van der Waals surface area contributed by atoms with Crippen molar-refractivity contribution < 1.29 is 17.9 Å². The van der Waals surface area contributed by atoms with Crippen molar-refractivity contribution in [2.75, 3.05) is 26.2 Å². The van der Waals surface area contributed by atoms with E-state index in [2.05, 4.69) is 10.2 Å². The molecule has 1 N–H and O–H groups in total. The van der Waals surface area contributed by atoms with E-state index in [4.69, 9.17) is 4.74 Å². The van der Waals surface area contributed by atoms with Crippen LogP contribution in [0.4, 0.5) is 13.2 Å². The Labute approximate surface area is 113 Å². The molecule has 0 amide bonds. The van der Waals surface area contributed by atoms with Gasteiger partial charge in [0, 0.05) is 25.7 Å². The van der Waals surface area contributed by atoms with E-state index in [9.17, 15) is 13.2 Å². The van der Waals surface area contributed by atoms with E-state index in [1.807, 2.05) is 34.6 Å². The summed E-state index contributed by atoms with van der Waals surface area (Å²) in [5.41, 5.74) is -0.555. The molecule has 0 spiro atoms. The van der Waals surface area contributed by atoms with Gasteiger partial charge in [-0.2, -0.15) is 13.2 Å². The predicted molar refractivity (Wildman–Crippen MR) is 69.2 cm³/mol. The zero-order valence-electron chi connectivity index (χ0n) is 12.4. The highest BCUT2D eigenvalue weighted by Crippen LogP contribution is 2.29. The third kappa shape index (κ3) is 6.10. The molecule has 0 bridgehead atoms. The van der Waals surface area contributed by atoms with Crippen molar-refractivity contribution in [3.8, 4) is 0 Å².